The summed E-state index contributed by atoms with van der Waals surface area (Å²) in [6, 6.07) is 15.9. The van der Waals surface area contributed by atoms with Crippen molar-refractivity contribution >= 4 is 16.7 Å². The van der Waals surface area contributed by atoms with Crippen LogP contribution in [-0.2, 0) is 18.9 Å². The number of aliphatic hydroxyl groups excluding tert-OH is 1. The first-order chi connectivity index (χ1) is 15.5. The van der Waals surface area contributed by atoms with Gasteiger partial charge in [-0.2, -0.15) is 0 Å². The van der Waals surface area contributed by atoms with E-state index in [4.69, 9.17) is 23.4 Å². The Bertz CT molecular complexity index is 1150. The number of rotatable bonds is 4. The fraction of sp³-hybridized carbons (Fsp3) is 0.375. The van der Waals surface area contributed by atoms with Gasteiger partial charge in [-0.25, -0.2) is 4.79 Å². The van der Waals surface area contributed by atoms with Crippen LogP contribution in [0.15, 0.2) is 63.8 Å². The molecular weight excluding hydrogens is 414 g/mol. The molecule has 3 aromatic rings. The van der Waals surface area contributed by atoms with Gasteiger partial charge in [-0.3, -0.25) is 0 Å². The Balaban J connectivity index is 1.39. The lowest BCUT2D eigenvalue weighted by molar-refractivity contribution is -0.337. The van der Waals surface area contributed by atoms with Crippen LogP contribution in [0.2, 0.25) is 0 Å². The van der Waals surface area contributed by atoms with Gasteiger partial charge in [-0.15, -0.1) is 0 Å². The molecule has 32 heavy (non-hydrogen) atoms. The van der Waals surface area contributed by atoms with Gasteiger partial charge in [0, 0.05) is 35.9 Å². The summed E-state index contributed by atoms with van der Waals surface area (Å²) in [4.78, 5) is 11.8. The Labute approximate surface area is 184 Å². The highest BCUT2D eigenvalue weighted by molar-refractivity contribution is 5.83. The summed E-state index contributed by atoms with van der Waals surface area (Å²) in [6.07, 6.45) is -3.34. The van der Waals surface area contributed by atoms with Crippen molar-refractivity contribution in [3.8, 4) is 0 Å². The summed E-state index contributed by atoms with van der Waals surface area (Å²) >= 11 is 0. The van der Waals surface area contributed by atoms with Crippen molar-refractivity contribution in [2.75, 3.05) is 19.0 Å². The molecule has 1 aromatic heterocycles. The zero-order valence-electron chi connectivity index (χ0n) is 17.8. The van der Waals surface area contributed by atoms with Crippen LogP contribution in [-0.4, -0.2) is 49.5 Å². The van der Waals surface area contributed by atoms with Crippen LogP contribution in [0.1, 0.15) is 17.4 Å². The second-order valence-corrected chi connectivity index (χ2v) is 8.08. The molecule has 0 saturated carbocycles. The zero-order valence-corrected chi connectivity index (χ0v) is 17.8. The van der Waals surface area contributed by atoms with Crippen molar-refractivity contribution in [3.63, 3.8) is 0 Å². The predicted octanol–water partition coefficient (Wildman–Crippen LogP) is 2.73. The number of ether oxygens (including phenoxy) is 4. The van der Waals surface area contributed by atoms with Crippen LogP contribution in [0, 0.1) is 6.92 Å². The number of hydrogen-bond acceptors (Lipinski definition) is 8. The minimum absolute atomic E-state index is 0.272. The number of benzene rings is 2. The van der Waals surface area contributed by atoms with Crippen molar-refractivity contribution in [3.05, 3.63) is 76.1 Å². The fourth-order valence-electron chi connectivity index (χ4n) is 4.33. The highest BCUT2D eigenvalue weighted by Crippen LogP contribution is 2.35. The van der Waals surface area contributed by atoms with E-state index in [1.165, 1.54) is 13.2 Å². The van der Waals surface area contributed by atoms with Crippen LogP contribution in [0.3, 0.4) is 0 Å². The van der Waals surface area contributed by atoms with Gasteiger partial charge in [0.15, 0.2) is 12.6 Å². The van der Waals surface area contributed by atoms with Crippen LogP contribution in [0.25, 0.3) is 11.0 Å². The Morgan fingerprint density at radius 3 is 2.69 bits per heavy atom. The van der Waals surface area contributed by atoms with Gasteiger partial charge in [0.25, 0.3) is 0 Å². The molecule has 0 radical (unpaired) electrons. The minimum atomic E-state index is -0.936. The van der Waals surface area contributed by atoms with E-state index >= 15 is 0 Å². The number of anilines is 1. The average Bonchev–Trinajstić information content (AvgIpc) is 2.80. The quantitative estimate of drug-likeness (QED) is 0.599. The molecule has 2 aromatic carbocycles. The predicted molar refractivity (Wildman–Crippen MR) is 116 cm³/mol. The van der Waals surface area contributed by atoms with Crippen molar-refractivity contribution in [1.29, 1.82) is 0 Å². The number of aryl methyl sites for hydroxylation is 1. The molecule has 3 unspecified atom stereocenters. The second kappa shape index (κ2) is 8.65. The summed E-state index contributed by atoms with van der Waals surface area (Å²) in [5.74, 6) is 0. The number of methoxy groups -OCH3 is 1. The molecule has 0 bridgehead atoms. The molecule has 8 nitrogen and oxygen atoms in total. The highest BCUT2D eigenvalue weighted by Gasteiger charge is 2.49. The van der Waals surface area contributed by atoms with Crippen LogP contribution >= 0.6 is 0 Å². The van der Waals surface area contributed by atoms with Gasteiger partial charge in [-0.05, 0) is 24.6 Å². The third-order valence-electron chi connectivity index (χ3n) is 5.95. The van der Waals surface area contributed by atoms with E-state index < -0.39 is 42.6 Å². The maximum absolute atomic E-state index is 11.8. The van der Waals surface area contributed by atoms with Gasteiger partial charge in [-0.1, -0.05) is 30.3 Å². The fourth-order valence-corrected chi connectivity index (χ4v) is 4.33. The summed E-state index contributed by atoms with van der Waals surface area (Å²) in [5, 5.41) is 15.3. The molecule has 168 valence electrons. The van der Waals surface area contributed by atoms with Crippen LogP contribution in [0.5, 0.6) is 0 Å². The topological polar surface area (TPSA) is 99.4 Å². The Morgan fingerprint density at radius 1 is 1.09 bits per heavy atom. The lowest BCUT2D eigenvalue weighted by atomic mass is 9.95. The van der Waals surface area contributed by atoms with Gasteiger partial charge in [0.2, 0.25) is 0 Å². The molecule has 2 aliphatic heterocycles. The van der Waals surface area contributed by atoms with Gasteiger partial charge >= 0.3 is 5.63 Å². The molecule has 2 fully saturated rings. The molecule has 0 aliphatic carbocycles. The van der Waals surface area contributed by atoms with Crippen molar-refractivity contribution in [2.45, 2.75) is 43.9 Å². The largest absolute Gasteiger partial charge is 0.423 e. The van der Waals surface area contributed by atoms with Gasteiger partial charge in [0.05, 0.1) is 6.61 Å². The van der Waals surface area contributed by atoms with Crippen molar-refractivity contribution < 1.29 is 28.5 Å². The molecule has 5 rings (SSSR count). The monoisotopic (exact) mass is 439 g/mol. The maximum Gasteiger partial charge on any atom is 0.336 e. The number of hydrogen-bond donors (Lipinski definition) is 2. The van der Waals surface area contributed by atoms with Crippen LogP contribution in [0.4, 0.5) is 5.69 Å². The minimum Gasteiger partial charge on any atom is -0.423 e. The molecule has 0 spiro atoms. The lowest BCUT2D eigenvalue weighted by Crippen LogP contribution is -2.64. The Hall–Kier alpha value is -2.75. The zero-order chi connectivity index (χ0) is 22.2. The third kappa shape index (κ3) is 3.92. The molecule has 2 N–H and O–H groups in total. The first-order valence-electron chi connectivity index (χ1n) is 10.5. The standard InChI is InChI=1S/C24H25NO7/c1-13-10-19(26)30-17-11-15(8-9-16(13)17)25-20-21(27)22-18(31-24(20)28-2)12-29-23(32-22)14-6-4-3-5-7-14/h3-11,18,20-25,27H,12H2,1-2H3/t18?,20-,21?,22+,23?,24-/m0/s1. The average molecular weight is 439 g/mol. The van der Waals surface area contributed by atoms with Crippen molar-refractivity contribution in [2.24, 2.45) is 0 Å². The molecule has 6 atom stereocenters. The van der Waals surface area contributed by atoms with Gasteiger partial charge < -0.3 is 33.8 Å². The lowest BCUT2D eigenvalue weighted by Gasteiger charge is -2.47. The van der Waals surface area contributed by atoms with E-state index in [0.717, 1.165) is 16.5 Å². The van der Waals surface area contributed by atoms with E-state index in [0.29, 0.717) is 11.3 Å². The molecule has 3 heterocycles. The molecule has 2 aliphatic rings. The number of nitrogens with one attached hydrogen (secondary N) is 1. The summed E-state index contributed by atoms with van der Waals surface area (Å²) in [7, 11) is 1.52. The molecule has 0 amide bonds. The first kappa shape index (κ1) is 21.1. The van der Waals surface area contributed by atoms with E-state index in [9.17, 15) is 9.90 Å². The SMILES string of the molecule is CO[C@H]1OC2COC(c3ccccc3)O[C@H]2C(O)[C@@H]1Nc1ccc2c(C)cc(=O)oc2c1. The van der Waals surface area contributed by atoms with E-state index in [2.05, 4.69) is 5.32 Å². The Morgan fingerprint density at radius 2 is 1.91 bits per heavy atom. The molecular formula is C24H25NO7. The number of aliphatic hydroxyl groups is 1. The van der Waals surface area contributed by atoms with Crippen LogP contribution < -0.4 is 10.9 Å². The first-order valence-corrected chi connectivity index (χ1v) is 10.5. The Kier molecular flexibility index (Phi) is 5.71. The third-order valence-corrected chi connectivity index (χ3v) is 5.95. The summed E-state index contributed by atoms with van der Waals surface area (Å²) in [6.45, 7) is 2.13. The number of fused-ring (bicyclic) bond motifs is 2. The molecule has 8 heteroatoms. The highest BCUT2D eigenvalue weighted by atomic mass is 16.7. The van der Waals surface area contributed by atoms with E-state index in [-0.39, 0.29) is 6.61 Å². The summed E-state index contributed by atoms with van der Waals surface area (Å²) in [5.41, 5.74) is 2.42. The van der Waals surface area contributed by atoms with Crippen molar-refractivity contribution in [1.82, 2.24) is 0 Å². The van der Waals surface area contributed by atoms with E-state index in [1.807, 2.05) is 49.4 Å². The smallest absolute Gasteiger partial charge is 0.336 e. The maximum atomic E-state index is 11.8. The second-order valence-electron chi connectivity index (χ2n) is 8.08. The summed E-state index contributed by atoms with van der Waals surface area (Å²) < 4.78 is 28.8. The molecule has 2 saturated heterocycles. The van der Waals surface area contributed by atoms with E-state index in [1.54, 1.807) is 6.07 Å². The van der Waals surface area contributed by atoms with Gasteiger partial charge in [0.1, 0.15) is 29.9 Å². The normalized spacial score (nSPS) is 30.1.